The van der Waals surface area contributed by atoms with Gasteiger partial charge in [-0.2, -0.15) is 0 Å². The van der Waals surface area contributed by atoms with Crippen LogP contribution in [0.5, 0.6) is 5.75 Å². The van der Waals surface area contributed by atoms with Gasteiger partial charge in [-0.05, 0) is 38.0 Å². The van der Waals surface area contributed by atoms with Crippen LogP contribution in [-0.2, 0) is 0 Å². The zero-order chi connectivity index (χ0) is 17.3. The molecule has 4 nitrogen and oxygen atoms in total. The molecule has 6 heteroatoms. The first kappa shape index (κ1) is 15.4. The quantitative estimate of drug-likeness (QED) is 0.835. The summed E-state index contributed by atoms with van der Waals surface area (Å²) in [5, 5.41) is 0.819. The third-order valence-electron chi connectivity index (χ3n) is 5.53. The molecule has 1 aliphatic carbocycles. The molecule has 1 spiro atoms. The molecule has 0 atom stereocenters. The third kappa shape index (κ3) is 1.85. The van der Waals surface area contributed by atoms with Gasteiger partial charge < -0.3 is 14.1 Å². The van der Waals surface area contributed by atoms with Gasteiger partial charge in [-0.1, -0.05) is 0 Å². The minimum atomic E-state index is -2.65. The summed E-state index contributed by atoms with van der Waals surface area (Å²) in [7, 11) is 1.55. The van der Waals surface area contributed by atoms with Crippen molar-refractivity contribution in [3.05, 3.63) is 29.0 Å². The number of amides is 1. The van der Waals surface area contributed by atoms with E-state index >= 15 is 0 Å². The average molecular weight is 335 g/mol. The molecule has 0 N–H and O–H groups in total. The monoisotopic (exact) mass is 335 g/mol. The highest BCUT2D eigenvalue weighted by Gasteiger charge is 2.67. The molecule has 1 saturated carbocycles. The minimum Gasteiger partial charge on any atom is -0.493 e. The summed E-state index contributed by atoms with van der Waals surface area (Å²) in [6.07, 6.45) is 0.408. The Morgan fingerprint density at radius 2 is 1.96 bits per heavy atom. The minimum absolute atomic E-state index is 0.0742. The van der Waals surface area contributed by atoms with Crippen LogP contribution in [0.15, 0.2) is 16.5 Å². The highest BCUT2D eigenvalue weighted by atomic mass is 19.3. The van der Waals surface area contributed by atoms with E-state index in [2.05, 4.69) is 0 Å². The van der Waals surface area contributed by atoms with E-state index < -0.39 is 11.3 Å². The molecular formula is C18H19F2NO3. The molecule has 2 aliphatic rings. The van der Waals surface area contributed by atoms with E-state index in [1.54, 1.807) is 7.11 Å². The van der Waals surface area contributed by atoms with Crippen molar-refractivity contribution >= 4 is 16.9 Å². The standard InChI is InChI=1S/C18H19F2NO3/c1-10-6-12-11(2)14(24-15(12)13(7-10)23-3)16(22)21-8-17(9-21)4-5-18(17,19)20/h6-7H,4-5,8-9H2,1-3H3. The predicted octanol–water partition coefficient (Wildman–Crippen LogP) is 3.93. The van der Waals surface area contributed by atoms with Crippen LogP contribution in [0.1, 0.15) is 34.5 Å². The van der Waals surface area contributed by atoms with Gasteiger partial charge in [-0.15, -0.1) is 0 Å². The number of alkyl halides is 2. The third-order valence-corrected chi connectivity index (χ3v) is 5.53. The number of methoxy groups -OCH3 is 1. The summed E-state index contributed by atoms with van der Waals surface area (Å²) in [6, 6.07) is 3.78. The number of rotatable bonds is 2. The number of carbonyl (C=O) groups excluding carboxylic acids is 1. The molecule has 1 aliphatic heterocycles. The topological polar surface area (TPSA) is 42.7 Å². The van der Waals surface area contributed by atoms with E-state index in [1.807, 2.05) is 26.0 Å². The second-order valence-corrected chi connectivity index (χ2v) is 7.05. The number of benzene rings is 1. The molecule has 1 saturated heterocycles. The molecule has 2 aromatic rings. The summed E-state index contributed by atoms with van der Waals surface area (Å²) >= 11 is 0. The first-order chi connectivity index (χ1) is 11.3. The SMILES string of the molecule is COc1cc(C)cc2c(C)c(C(=O)N3CC4(CCC4(F)F)C3)oc12. The van der Waals surface area contributed by atoms with Crippen molar-refractivity contribution in [2.24, 2.45) is 5.41 Å². The maximum atomic E-state index is 13.7. The fraction of sp³-hybridized carbons (Fsp3) is 0.500. The molecule has 0 unspecified atom stereocenters. The number of carbonyl (C=O) groups is 1. The number of aryl methyl sites for hydroxylation is 2. The number of ether oxygens (including phenoxy) is 1. The number of furan rings is 1. The van der Waals surface area contributed by atoms with Crippen molar-refractivity contribution in [1.82, 2.24) is 4.90 Å². The molecular weight excluding hydrogens is 316 g/mol. The Morgan fingerprint density at radius 1 is 1.25 bits per heavy atom. The van der Waals surface area contributed by atoms with Crippen LogP contribution in [0.25, 0.3) is 11.0 Å². The summed E-state index contributed by atoms with van der Waals surface area (Å²) < 4.78 is 38.5. The molecule has 0 radical (unpaired) electrons. The Hall–Kier alpha value is -2.11. The van der Waals surface area contributed by atoms with Crippen molar-refractivity contribution in [3.8, 4) is 5.75 Å². The van der Waals surface area contributed by atoms with Crippen molar-refractivity contribution in [2.45, 2.75) is 32.6 Å². The largest absolute Gasteiger partial charge is 0.493 e. The van der Waals surface area contributed by atoms with Crippen molar-refractivity contribution in [1.29, 1.82) is 0 Å². The van der Waals surface area contributed by atoms with E-state index in [1.165, 1.54) is 4.90 Å². The molecule has 24 heavy (non-hydrogen) atoms. The van der Waals surface area contributed by atoms with Gasteiger partial charge in [0.25, 0.3) is 11.8 Å². The van der Waals surface area contributed by atoms with Gasteiger partial charge in [-0.25, -0.2) is 8.78 Å². The van der Waals surface area contributed by atoms with Crippen LogP contribution in [0.2, 0.25) is 0 Å². The first-order valence-corrected chi connectivity index (χ1v) is 8.03. The normalized spacial score (nSPS) is 20.8. The first-order valence-electron chi connectivity index (χ1n) is 8.03. The zero-order valence-corrected chi connectivity index (χ0v) is 13.9. The van der Waals surface area contributed by atoms with Gasteiger partial charge in [0, 0.05) is 30.5 Å². The van der Waals surface area contributed by atoms with Crippen LogP contribution in [-0.4, -0.2) is 36.9 Å². The lowest BCUT2D eigenvalue weighted by Crippen LogP contribution is -2.70. The van der Waals surface area contributed by atoms with Crippen molar-refractivity contribution in [3.63, 3.8) is 0 Å². The second-order valence-electron chi connectivity index (χ2n) is 7.05. The predicted molar refractivity (Wildman–Crippen MR) is 84.8 cm³/mol. The van der Waals surface area contributed by atoms with E-state index in [0.717, 1.165) is 16.5 Å². The smallest absolute Gasteiger partial charge is 0.289 e. The van der Waals surface area contributed by atoms with Crippen LogP contribution < -0.4 is 4.74 Å². The lowest BCUT2D eigenvalue weighted by atomic mass is 9.60. The number of fused-ring (bicyclic) bond motifs is 1. The van der Waals surface area contributed by atoms with E-state index in [9.17, 15) is 13.6 Å². The second kappa shape index (κ2) is 4.71. The maximum absolute atomic E-state index is 13.7. The Bertz CT molecular complexity index is 850. The molecule has 2 fully saturated rings. The van der Waals surface area contributed by atoms with E-state index in [-0.39, 0.29) is 31.2 Å². The van der Waals surface area contributed by atoms with Gasteiger partial charge in [0.2, 0.25) is 0 Å². The Labute approximate surface area is 138 Å². The van der Waals surface area contributed by atoms with Crippen molar-refractivity contribution < 1.29 is 22.7 Å². The van der Waals surface area contributed by atoms with Crippen LogP contribution in [0.4, 0.5) is 8.78 Å². The summed E-state index contributed by atoms with van der Waals surface area (Å²) in [4.78, 5) is 14.1. The Balaban J connectivity index is 1.65. The molecule has 1 aromatic carbocycles. The molecule has 1 aromatic heterocycles. The molecule has 128 valence electrons. The van der Waals surface area contributed by atoms with Crippen LogP contribution >= 0.6 is 0 Å². The van der Waals surface area contributed by atoms with Crippen molar-refractivity contribution in [2.75, 3.05) is 20.2 Å². The number of hydrogen-bond donors (Lipinski definition) is 0. The van der Waals surface area contributed by atoms with Gasteiger partial charge in [0.1, 0.15) is 0 Å². The summed E-state index contributed by atoms with van der Waals surface area (Å²) in [5.74, 6) is -2.19. The fourth-order valence-electron chi connectivity index (χ4n) is 3.81. The zero-order valence-electron chi connectivity index (χ0n) is 13.9. The summed E-state index contributed by atoms with van der Waals surface area (Å²) in [6.45, 7) is 3.95. The number of hydrogen-bond acceptors (Lipinski definition) is 3. The lowest BCUT2D eigenvalue weighted by Gasteiger charge is -2.59. The number of halogens is 2. The fourth-order valence-corrected chi connectivity index (χ4v) is 3.81. The number of nitrogens with zero attached hydrogens (tertiary/aromatic N) is 1. The van der Waals surface area contributed by atoms with E-state index in [4.69, 9.17) is 9.15 Å². The maximum Gasteiger partial charge on any atom is 0.289 e. The Kier molecular flexibility index (Phi) is 3.03. The highest BCUT2D eigenvalue weighted by Crippen LogP contribution is 2.59. The van der Waals surface area contributed by atoms with Crippen LogP contribution in [0.3, 0.4) is 0 Å². The average Bonchev–Trinajstić information content (AvgIpc) is 2.81. The van der Waals surface area contributed by atoms with Crippen LogP contribution in [0, 0.1) is 19.3 Å². The number of likely N-dealkylation sites (tertiary alicyclic amines) is 1. The van der Waals surface area contributed by atoms with Gasteiger partial charge in [0.15, 0.2) is 17.1 Å². The van der Waals surface area contributed by atoms with E-state index in [0.29, 0.717) is 17.8 Å². The lowest BCUT2D eigenvalue weighted by molar-refractivity contribution is -0.248. The molecule has 2 heterocycles. The molecule has 4 rings (SSSR count). The van der Waals surface area contributed by atoms with Gasteiger partial charge >= 0.3 is 0 Å². The highest BCUT2D eigenvalue weighted by molar-refractivity contribution is 6.00. The molecule has 0 bridgehead atoms. The van der Waals surface area contributed by atoms with Gasteiger partial charge in [-0.3, -0.25) is 4.79 Å². The van der Waals surface area contributed by atoms with Gasteiger partial charge in [0.05, 0.1) is 12.5 Å². The molecule has 1 amide bonds. The Morgan fingerprint density at radius 3 is 2.50 bits per heavy atom. The summed E-state index contributed by atoms with van der Waals surface area (Å²) in [5.41, 5.74) is 1.24.